The van der Waals surface area contributed by atoms with E-state index in [9.17, 15) is 70.9 Å². The summed E-state index contributed by atoms with van der Waals surface area (Å²) in [5.41, 5.74) is -0.403. The Morgan fingerprint density at radius 1 is 0.667 bits per heavy atom. The molecule has 0 amide bonds. The van der Waals surface area contributed by atoms with Gasteiger partial charge in [0.15, 0.2) is 25.2 Å². The Bertz CT molecular complexity index is 1830. The molecule has 414 valence electrons. The zero-order chi connectivity index (χ0) is 52.3. The van der Waals surface area contributed by atoms with Gasteiger partial charge in [-0.3, -0.25) is 9.59 Å². The summed E-state index contributed by atoms with van der Waals surface area (Å²) in [5, 5.41) is 126. The molecule has 0 aromatic heterocycles. The van der Waals surface area contributed by atoms with Gasteiger partial charge in [-0.15, -0.1) is 0 Å². The minimum Gasteiger partial charge on any atom is -0.394 e. The van der Waals surface area contributed by atoms with E-state index in [0.29, 0.717) is 37.5 Å². The van der Waals surface area contributed by atoms with Crippen LogP contribution in [0, 0.1) is 52.3 Å². The second kappa shape index (κ2) is 22.9. The number of carbonyl (C=O) groups excluding carboxylic acids is 2. The number of aliphatic hydroxyl groups is 12. The van der Waals surface area contributed by atoms with Crippen molar-refractivity contribution in [1.82, 2.24) is 0 Å². The first-order chi connectivity index (χ1) is 34.0. The Labute approximate surface area is 419 Å². The molecule has 4 saturated carbocycles. The maximum Gasteiger partial charge on any atom is 0.187 e. The smallest absolute Gasteiger partial charge is 0.187 e. The molecule has 22 nitrogen and oxygen atoms in total. The van der Waals surface area contributed by atoms with E-state index >= 15 is 0 Å². The molecule has 8 fully saturated rings. The van der Waals surface area contributed by atoms with Crippen LogP contribution in [-0.2, 0) is 47.5 Å². The number of carbonyl (C=O) groups is 2. The second-order valence-electron chi connectivity index (χ2n) is 23.2. The van der Waals surface area contributed by atoms with Gasteiger partial charge in [0, 0.05) is 24.7 Å². The summed E-state index contributed by atoms with van der Waals surface area (Å²) in [4.78, 5) is 27.9. The monoisotopic (exact) mass is 1030 g/mol. The van der Waals surface area contributed by atoms with Gasteiger partial charge in [-0.2, -0.15) is 0 Å². The van der Waals surface area contributed by atoms with Crippen molar-refractivity contribution in [2.24, 2.45) is 52.3 Å². The van der Waals surface area contributed by atoms with Crippen LogP contribution >= 0.6 is 0 Å². The predicted octanol–water partition coefficient (Wildman–Crippen LogP) is -2.24. The van der Waals surface area contributed by atoms with Gasteiger partial charge in [0.2, 0.25) is 0 Å². The van der Waals surface area contributed by atoms with Gasteiger partial charge in [-0.1, -0.05) is 27.7 Å². The molecule has 8 aliphatic rings. The first-order valence-electron chi connectivity index (χ1n) is 26.3. The average molecular weight is 1040 g/mol. The van der Waals surface area contributed by atoms with Crippen molar-refractivity contribution in [3.8, 4) is 0 Å². The SMILES string of the molecule is CC(CCC(=O)C(C)C1C(=O)CC2C3CCC4CC(OC5OC(CO)C(O)C(OC6OCC(O)C(O)C6OC6OC(C)C(O)C(O)C6O)C5O)CCC4(C)C3CCC21C)COC1OC(CO)C(O)C(O)C1O. The van der Waals surface area contributed by atoms with E-state index in [2.05, 4.69) is 13.8 Å². The zero-order valence-corrected chi connectivity index (χ0v) is 41.9. The van der Waals surface area contributed by atoms with Gasteiger partial charge in [0.05, 0.1) is 38.6 Å². The fraction of sp³-hybridized carbons (Fsp3) is 0.960. The average Bonchev–Trinajstić information content (AvgIpc) is 3.63. The van der Waals surface area contributed by atoms with Gasteiger partial charge in [0.25, 0.3) is 0 Å². The number of rotatable bonds is 16. The summed E-state index contributed by atoms with van der Waals surface area (Å²) in [5.74, 6) is 0.179. The molecule has 4 saturated heterocycles. The van der Waals surface area contributed by atoms with Crippen molar-refractivity contribution in [2.75, 3.05) is 26.4 Å². The van der Waals surface area contributed by atoms with Crippen molar-refractivity contribution in [1.29, 1.82) is 0 Å². The minimum atomic E-state index is -1.77. The summed E-state index contributed by atoms with van der Waals surface area (Å²) in [6.45, 7) is 8.19. The Balaban J connectivity index is 0.858. The molecule has 0 radical (unpaired) electrons. The lowest BCUT2D eigenvalue weighted by Crippen LogP contribution is -2.65. The first kappa shape index (κ1) is 56.7. The van der Waals surface area contributed by atoms with Crippen molar-refractivity contribution < 1.29 is 109 Å². The standard InChI is InChI=1S/C50H82O22/c1-20(18-65-45-40(62)39(61)36(58)31(16-51)69-45)6-9-28(53)21(2)33-29(54)15-27-25-8-7-23-14-24(10-12-49(23,4)26(25)11-13-50(27,33)5)68-47-42(64)43(37(59)32(17-52)70-47)71-48-44(35(57)30(55)19-66-48)72-46-41(63)38(60)34(56)22(3)67-46/h20-27,30-48,51-52,55-64H,6-19H2,1-5H3. The van der Waals surface area contributed by atoms with Crippen molar-refractivity contribution in [3.63, 3.8) is 0 Å². The van der Waals surface area contributed by atoms with E-state index in [-0.39, 0.29) is 59.3 Å². The largest absolute Gasteiger partial charge is 0.394 e. The number of hydrogen-bond donors (Lipinski definition) is 12. The molecule has 0 spiro atoms. The second-order valence-corrected chi connectivity index (χ2v) is 23.2. The normalized spacial score (nSPS) is 51.7. The fourth-order valence-corrected chi connectivity index (χ4v) is 14.4. The fourth-order valence-electron chi connectivity index (χ4n) is 14.4. The van der Waals surface area contributed by atoms with E-state index in [1.54, 1.807) is 0 Å². The van der Waals surface area contributed by atoms with Gasteiger partial charge >= 0.3 is 0 Å². The quantitative estimate of drug-likeness (QED) is 0.0728. The third-order valence-electron chi connectivity index (χ3n) is 18.8. The van der Waals surface area contributed by atoms with E-state index in [1.807, 2.05) is 13.8 Å². The lowest BCUT2D eigenvalue weighted by atomic mass is 9.44. The Kier molecular flexibility index (Phi) is 18.0. The van der Waals surface area contributed by atoms with Crippen LogP contribution < -0.4 is 0 Å². The molecule has 4 aliphatic heterocycles. The number of ether oxygens (including phenoxy) is 8. The molecule has 4 heterocycles. The maximum absolute atomic E-state index is 14.1. The molecule has 12 N–H and O–H groups in total. The van der Waals surface area contributed by atoms with Gasteiger partial charge in [-0.05, 0) is 98.7 Å². The van der Waals surface area contributed by atoms with Crippen LogP contribution in [0.5, 0.6) is 0 Å². The lowest BCUT2D eigenvalue weighted by molar-refractivity contribution is -0.380. The van der Waals surface area contributed by atoms with Crippen LogP contribution in [0.1, 0.15) is 98.8 Å². The molecule has 0 aromatic carbocycles. The van der Waals surface area contributed by atoms with Crippen LogP contribution in [0.25, 0.3) is 0 Å². The molecule has 29 unspecified atom stereocenters. The number of hydrogen-bond acceptors (Lipinski definition) is 22. The Morgan fingerprint density at radius 2 is 1.29 bits per heavy atom. The minimum absolute atomic E-state index is 0.0129. The third-order valence-corrected chi connectivity index (χ3v) is 18.8. The summed E-state index contributed by atoms with van der Waals surface area (Å²) < 4.78 is 46.7. The Morgan fingerprint density at radius 3 is 2.00 bits per heavy atom. The first-order valence-corrected chi connectivity index (χ1v) is 26.3. The number of ketones is 2. The van der Waals surface area contributed by atoms with Crippen LogP contribution in [-0.4, -0.2) is 222 Å². The van der Waals surface area contributed by atoms with Crippen LogP contribution in [0.4, 0.5) is 0 Å². The lowest BCUT2D eigenvalue weighted by Gasteiger charge is -2.61. The maximum atomic E-state index is 14.1. The summed E-state index contributed by atoms with van der Waals surface area (Å²) in [6, 6.07) is 0. The molecular formula is C50H82O22. The predicted molar refractivity (Wildman–Crippen MR) is 244 cm³/mol. The molecule has 72 heavy (non-hydrogen) atoms. The highest BCUT2D eigenvalue weighted by atomic mass is 16.8. The summed E-state index contributed by atoms with van der Waals surface area (Å²) >= 11 is 0. The Hall–Kier alpha value is -1.46. The van der Waals surface area contributed by atoms with Crippen molar-refractivity contribution in [3.05, 3.63) is 0 Å². The van der Waals surface area contributed by atoms with Crippen molar-refractivity contribution >= 4 is 11.6 Å². The molecular weight excluding hydrogens is 953 g/mol. The van der Waals surface area contributed by atoms with Gasteiger partial charge in [0.1, 0.15) is 97.0 Å². The van der Waals surface area contributed by atoms with Crippen molar-refractivity contribution in [2.45, 2.75) is 222 Å². The van der Waals surface area contributed by atoms with Crippen LogP contribution in [0.15, 0.2) is 0 Å². The topological polar surface area (TPSA) is 351 Å². The van der Waals surface area contributed by atoms with Gasteiger partial charge < -0.3 is 99.2 Å². The van der Waals surface area contributed by atoms with Crippen LogP contribution in [0.2, 0.25) is 0 Å². The van der Waals surface area contributed by atoms with Crippen LogP contribution in [0.3, 0.4) is 0 Å². The highest BCUT2D eigenvalue weighted by Gasteiger charge is 2.64. The molecule has 8 rings (SSSR count). The summed E-state index contributed by atoms with van der Waals surface area (Å²) in [7, 11) is 0. The van der Waals surface area contributed by atoms with E-state index in [1.165, 1.54) is 6.92 Å². The van der Waals surface area contributed by atoms with E-state index < -0.39 is 148 Å². The number of fused-ring (bicyclic) bond motifs is 5. The highest BCUT2D eigenvalue weighted by Crippen LogP contribution is 2.68. The zero-order valence-electron chi connectivity index (χ0n) is 41.9. The highest BCUT2D eigenvalue weighted by molar-refractivity contribution is 5.92. The van der Waals surface area contributed by atoms with E-state index in [0.717, 1.165) is 32.1 Å². The third kappa shape index (κ3) is 10.8. The molecule has 0 bridgehead atoms. The van der Waals surface area contributed by atoms with Gasteiger partial charge in [-0.25, -0.2) is 0 Å². The number of Topliss-reactive ketones (excluding diaryl/α,β-unsaturated/α-hetero) is 2. The molecule has 22 heteroatoms. The number of aliphatic hydroxyl groups excluding tert-OH is 12. The molecule has 29 atom stereocenters. The summed E-state index contributed by atoms with van der Waals surface area (Å²) in [6.07, 6.45) is -21.8. The van der Waals surface area contributed by atoms with E-state index in [4.69, 9.17) is 37.9 Å². The molecule has 4 aliphatic carbocycles. The molecule has 0 aromatic rings.